The molecule has 0 radical (unpaired) electrons. The first-order chi connectivity index (χ1) is 8.90. The van der Waals surface area contributed by atoms with Crippen molar-refractivity contribution >= 4 is 21.9 Å². The number of halogens is 1. The molecule has 2 rings (SSSR count). The Hall–Kier alpha value is -1.88. The first-order valence-electron chi connectivity index (χ1n) is 5.63. The summed E-state index contributed by atoms with van der Waals surface area (Å²) in [6, 6.07) is 6.36. The van der Waals surface area contributed by atoms with Gasteiger partial charge in [0.15, 0.2) is 0 Å². The molecule has 0 saturated heterocycles. The summed E-state index contributed by atoms with van der Waals surface area (Å²) in [7, 11) is 0. The number of aryl methyl sites for hydroxylation is 2. The summed E-state index contributed by atoms with van der Waals surface area (Å²) >= 11 is 3.39. The molecule has 1 aromatic carbocycles. The number of carbonyl (C=O) groups is 1. The maximum atomic E-state index is 11.9. The van der Waals surface area contributed by atoms with Gasteiger partial charge in [0.2, 0.25) is 0 Å². The first-order valence-corrected chi connectivity index (χ1v) is 6.42. The van der Waals surface area contributed by atoms with Gasteiger partial charge >= 0.3 is 5.97 Å². The molecule has 0 fully saturated rings. The molecule has 0 saturated carbocycles. The van der Waals surface area contributed by atoms with Crippen LogP contribution in [0.1, 0.15) is 21.5 Å². The first kappa shape index (κ1) is 13.5. The predicted molar refractivity (Wildman–Crippen MR) is 76.2 cm³/mol. The van der Waals surface area contributed by atoms with Gasteiger partial charge in [0.05, 0.1) is 11.3 Å². The van der Waals surface area contributed by atoms with Crippen LogP contribution in [0.15, 0.2) is 39.7 Å². The molecule has 4 nitrogen and oxygen atoms in total. The van der Waals surface area contributed by atoms with Crippen molar-refractivity contribution in [3.05, 3.63) is 62.0 Å². The van der Waals surface area contributed by atoms with Gasteiger partial charge in [-0.2, -0.15) is 0 Å². The molecule has 19 heavy (non-hydrogen) atoms. The SMILES string of the molecule is Cc1cc(Br)cc(C)c1-n1cc(C(=O)O)ccc1=O. The van der Waals surface area contributed by atoms with Gasteiger partial charge in [-0.3, -0.25) is 9.36 Å². The number of aromatic nitrogens is 1. The zero-order valence-corrected chi connectivity index (χ0v) is 12.1. The minimum absolute atomic E-state index is 0.0846. The fourth-order valence-corrected chi connectivity index (χ4v) is 2.76. The van der Waals surface area contributed by atoms with Crippen molar-refractivity contribution in [3.8, 4) is 5.69 Å². The fraction of sp³-hybridized carbons (Fsp3) is 0.143. The van der Waals surface area contributed by atoms with Crippen molar-refractivity contribution in [3.63, 3.8) is 0 Å². The molecule has 0 bridgehead atoms. The van der Waals surface area contributed by atoms with Gasteiger partial charge in [-0.05, 0) is 43.2 Å². The Kier molecular flexibility index (Phi) is 3.57. The Morgan fingerprint density at radius 3 is 2.32 bits per heavy atom. The number of carboxylic acids is 1. The lowest BCUT2D eigenvalue weighted by Crippen LogP contribution is -2.20. The monoisotopic (exact) mass is 321 g/mol. The highest BCUT2D eigenvalue weighted by Gasteiger charge is 2.11. The number of aromatic carboxylic acids is 1. The van der Waals surface area contributed by atoms with Crippen LogP contribution in [0.2, 0.25) is 0 Å². The summed E-state index contributed by atoms with van der Waals surface area (Å²) in [5.74, 6) is -1.05. The number of rotatable bonds is 2. The number of benzene rings is 1. The topological polar surface area (TPSA) is 59.3 Å². The molecular weight excluding hydrogens is 310 g/mol. The van der Waals surface area contributed by atoms with Gasteiger partial charge in [-0.15, -0.1) is 0 Å². The van der Waals surface area contributed by atoms with Gasteiger partial charge in [-0.1, -0.05) is 15.9 Å². The number of hydrogen-bond acceptors (Lipinski definition) is 2. The van der Waals surface area contributed by atoms with Crippen molar-refractivity contribution in [2.24, 2.45) is 0 Å². The second-order valence-corrected chi connectivity index (χ2v) is 5.24. The van der Waals surface area contributed by atoms with Gasteiger partial charge in [0, 0.05) is 16.7 Å². The molecule has 2 aromatic rings. The maximum Gasteiger partial charge on any atom is 0.337 e. The van der Waals surface area contributed by atoms with Crippen LogP contribution in [0.3, 0.4) is 0 Å². The minimum Gasteiger partial charge on any atom is -0.478 e. The molecule has 98 valence electrons. The molecule has 0 atom stereocenters. The van der Waals surface area contributed by atoms with Gasteiger partial charge in [0.1, 0.15) is 0 Å². The van der Waals surface area contributed by atoms with E-state index in [0.717, 1.165) is 21.3 Å². The van der Waals surface area contributed by atoms with E-state index in [1.165, 1.54) is 22.9 Å². The van der Waals surface area contributed by atoms with E-state index in [2.05, 4.69) is 15.9 Å². The summed E-state index contributed by atoms with van der Waals surface area (Å²) in [5.41, 5.74) is 2.35. The Balaban J connectivity index is 2.75. The van der Waals surface area contributed by atoms with E-state index < -0.39 is 5.97 Å². The molecule has 0 aliphatic heterocycles. The van der Waals surface area contributed by atoms with Crippen LogP contribution in [-0.4, -0.2) is 15.6 Å². The lowest BCUT2D eigenvalue weighted by molar-refractivity contribution is 0.0696. The summed E-state index contributed by atoms with van der Waals surface area (Å²) in [5, 5.41) is 9.01. The lowest BCUT2D eigenvalue weighted by Gasteiger charge is -2.13. The second-order valence-electron chi connectivity index (χ2n) is 4.32. The summed E-state index contributed by atoms with van der Waals surface area (Å²) < 4.78 is 2.30. The third-order valence-corrected chi connectivity index (χ3v) is 3.31. The fourth-order valence-electron chi connectivity index (χ4n) is 2.07. The van der Waals surface area contributed by atoms with Crippen molar-refractivity contribution in [2.75, 3.05) is 0 Å². The smallest absolute Gasteiger partial charge is 0.337 e. The van der Waals surface area contributed by atoms with Crippen LogP contribution in [0.4, 0.5) is 0 Å². The quantitative estimate of drug-likeness (QED) is 0.925. The van der Waals surface area contributed by atoms with Crippen molar-refractivity contribution in [1.82, 2.24) is 4.57 Å². The highest BCUT2D eigenvalue weighted by molar-refractivity contribution is 9.10. The largest absolute Gasteiger partial charge is 0.478 e. The third-order valence-electron chi connectivity index (χ3n) is 2.85. The highest BCUT2D eigenvalue weighted by Crippen LogP contribution is 2.23. The van der Waals surface area contributed by atoms with Crippen LogP contribution in [0.25, 0.3) is 5.69 Å². The number of nitrogens with zero attached hydrogens (tertiary/aromatic N) is 1. The molecule has 0 spiro atoms. The van der Waals surface area contributed by atoms with E-state index in [9.17, 15) is 9.59 Å². The van der Waals surface area contributed by atoms with Crippen LogP contribution in [0.5, 0.6) is 0 Å². The van der Waals surface area contributed by atoms with Crippen molar-refractivity contribution in [2.45, 2.75) is 13.8 Å². The zero-order valence-electron chi connectivity index (χ0n) is 10.5. The van der Waals surface area contributed by atoms with Gasteiger partial charge in [0.25, 0.3) is 5.56 Å². The van der Waals surface area contributed by atoms with Crippen LogP contribution in [0, 0.1) is 13.8 Å². The molecule has 1 N–H and O–H groups in total. The van der Waals surface area contributed by atoms with E-state index in [-0.39, 0.29) is 11.1 Å². The molecular formula is C14H12BrNO3. The Bertz CT molecular complexity index is 696. The van der Waals surface area contributed by atoms with Gasteiger partial charge in [-0.25, -0.2) is 4.79 Å². The molecule has 5 heteroatoms. The summed E-state index contributed by atoms with van der Waals surface area (Å²) in [6.45, 7) is 3.76. The van der Waals surface area contributed by atoms with Crippen molar-refractivity contribution in [1.29, 1.82) is 0 Å². The second kappa shape index (κ2) is 5.01. The molecule has 1 heterocycles. The van der Waals surface area contributed by atoms with Gasteiger partial charge < -0.3 is 5.11 Å². The van der Waals surface area contributed by atoms with Crippen LogP contribution < -0.4 is 5.56 Å². The normalized spacial score (nSPS) is 10.5. The van der Waals surface area contributed by atoms with E-state index in [4.69, 9.17) is 5.11 Å². The van der Waals surface area contributed by atoms with Crippen molar-refractivity contribution < 1.29 is 9.90 Å². The highest BCUT2D eigenvalue weighted by atomic mass is 79.9. The Morgan fingerprint density at radius 2 is 1.79 bits per heavy atom. The molecule has 0 aliphatic carbocycles. The van der Waals surface area contributed by atoms with Crippen LogP contribution in [-0.2, 0) is 0 Å². The molecule has 0 aliphatic rings. The maximum absolute atomic E-state index is 11.9. The van der Waals surface area contributed by atoms with E-state index in [1.807, 2.05) is 26.0 Å². The van der Waals surface area contributed by atoms with E-state index in [0.29, 0.717) is 0 Å². The number of carboxylic acid groups (broad SMARTS) is 1. The van der Waals surface area contributed by atoms with E-state index >= 15 is 0 Å². The number of pyridine rings is 1. The predicted octanol–water partition coefficient (Wildman–Crippen LogP) is 2.92. The molecule has 0 amide bonds. The standard InChI is InChI=1S/C14H12BrNO3/c1-8-5-11(15)6-9(2)13(8)16-7-10(14(18)19)3-4-12(16)17/h3-7H,1-2H3,(H,18,19). The summed E-state index contributed by atoms with van der Waals surface area (Å²) in [4.78, 5) is 22.9. The average molecular weight is 322 g/mol. The van der Waals surface area contributed by atoms with E-state index in [1.54, 1.807) is 0 Å². The minimum atomic E-state index is -1.05. The Labute approximate surface area is 118 Å². The van der Waals surface area contributed by atoms with Crippen LogP contribution >= 0.6 is 15.9 Å². The average Bonchev–Trinajstić information content (AvgIpc) is 2.29. The summed E-state index contributed by atoms with van der Waals surface area (Å²) in [6.07, 6.45) is 1.36. The number of hydrogen-bond donors (Lipinski definition) is 1. The molecule has 1 aromatic heterocycles. The lowest BCUT2D eigenvalue weighted by atomic mass is 10.1. The third kappa shape index (κ3) is 2.61. The molecule has 0 unspecified atom stereocenters. The zero-order chi connectivity index (χ0) is 14.2. The Morgan fingerprint density at radius 1 is 1.21 bits per heavy atom.